The lowest BCUT2D eigenvalue weighted by Crippen LogP contribution is -2.22. The number of hydrogen-bond acceptors (Lipinski definition) is 3. The van der Waals surface area contributed by atoms with Gasteiger partial charge < -0.3 is 15.0 Å². The minimum atomic E-state index is -0.162. The number of para-hydroxylation sites is 2. The summed E-state index contributed by atoms with van der Waals surface area (Å²) in [5.41, 5.74) is 3.40. The molecule has 2 aromatic carbocycles. The second-order valence-electron chi connectivity index (χ2n) is 6.62. The number of nitrogens with one attached hydrogen (secondary N) is 1. The number of benzene rings is 2. The van der Waals surface area contributed by atoms with Gasteiger partial charge in [0.05, 0.1) is 11.4 Å². The largest absolute Gasteiger partial charge is 0.488 e. The Morgan fingerprint density at radius 1 is 0.955 bits per heavy atom. The molecule has 3 nitrogen and oxygen atoms in total. The highest BCUT2D eigenvalue weighted by Crippen LogP contribution is 2.24. The summed E-state index contributed by atoms with van der Waals surface area (Å²) in [5, 5.41) is 3.50. The van der Waals surface area contributed by atoms with Crippen molar-refractivity contribution in [3.05, 3.63) is 54.1 Å². The Hall–Kier alpha value is -2.16. The van der Waals surface area contributed by atoms with Crippen LogP contribution in [0.1, 0.15) is 26.3 Å². The van der Waals surface area contributed by atoms with Crippen molar-refractivity contribution >= 4 is 11.4 Å². The van der Waals surface area contributed by atoms with Gasteiger partial charge in [-0.3, -0.25) is 0 Å². The van der Waals surface area contributed by atoms with Gasteiger partial charge in [0.25, 0.3) is 0 Å². The maximum absolute atomic E-state index is 5.84. The third kappa shape index (κ3) is 4.69. The van der Waals surface area contributed by atoms with E-state index in [0.29, 0.717) is 0 Å². The van der Waals surface area contributed by atoms with Crippen LogP contribution in [0.5, 0.6) is 5.75 Å². The molecule has 0 unspecified atom stereocenters. The van der Waals surface area contributed by atoms with Gasteiger partial charge >= 0.3 is 0 Å². The average Bonchev–Trinajstić information content (AvgIpc) is 2.45. The topological polar surface area (TPSA) is 24.5 Å². The first-order valence-corrected chi connectivity index (χ1v) is 7.63. The van der Waals surface area contributed by atoms with Crippen LogP contribution in [-0.2, 0) is 6.54 Å². The lowest BCUT2D eigenvalue weighted by Gasteiger charge is -2.21. The molecule has 3 heteroatoms. The normalized spacial score (nSPS) is 11.1. The maximum Gasteiger partial charge on any atom is 0.120 e. The molecule has 0 radical (unpaired) electrons. The van der Waals surface area contributed by atoms with E-state index >= 15 is 0 Å². The van der Waals surface area contributed by atoms with Crippen LogP contribution in [0.25, 0.3) is 0 Å². The molecule has 0 aliphatic rings. The number of anilines is 2. The smallest absolute Gasteiger partial charge is 0.120 e. The number of nitrogens with zero attached hydrogens (tertiary/aromatic N) is 1. The summed E-state index contributed by atoms with van der Waals surface area (Å²) in [6.07, 6.45) is 0. The highest BCUT2D eigenvalue weighted by atomic mass is 16.5. The molecule has 0 saturated heterocycles. The second-order valence-corrected chi connectivity index (χ2v) is 6.62. The van der Waals surface area contributed by atoms with Gasteiger partial charge in [-0.05, 0) is 50.6 Å². The Morgan fingerprint density at radius 3 is 2.18 bits per heavy atom. The zero-order valence-electron chi connectivity index (χ0n) is 14.2. The molecule has 1 N–H and O–H groups in total. The lowest BCUT2D eigenvalue weighted by molar-refractivity contribution is 0.131. The molecule has 0 fully saturated rings. The highest BCUT2D eigenvalue weighted by Gasteiger charge is 2.11. The maximum atomic E-state index is 5.84. The Morgan fingerprint density at radius 2 is 1.59 bits per heavy atom. The van der Waals surface area contributed by atoms with Crippen molar-refractivity contribution in [2.75, 3.05) is 24.3 Å². The highest BCUT2D eigenvalue weighted by molar-refractivity contribution is 5.69. The van der Waals surface area contributed by atoms with E-state index in [4.69, 9.17) is 4.74 Å². The van der Waals surface area contributed by atoms with Gasteiger partial charge in [0.15, 0.2) is 0 Å². The minimum absolute atomic E-state index is 0.162. The third-order valence-electron chi connectivity index (χ3n) is 3.22. The summed E-state index contributed by atoms with van der Waals surface area (Å²) in [4.78, 5) is 2.11. The van der Waals surface area contributed by atoms with Crippen molar-refractivity contribution in [1.82, 2.24) is 0 Å². The van der Waals surface area contributed by atoms with Crippen molar-refractivity contribution in [2.45, 2.75) is 32.9 Å². The summed E-state index contributed by atoms with van der Waals surface area (Å²) < 4.78 is 5.84. The summed E-state index contributed by atoms with van der Waals surface area (Å²) in [7, 11) is 4.11. The summed E-state index contributed by atoms with van der Waals surface area (Å²) in [6, 6.07) is 16.6. The van der Waals surface area contributed by atoms with Crippen LogP contribution in [0.4, 0.5) is 11.4 Å². The van der Waals surface area contributed by atoms with Crippen LogP contribution >= 0.6 is 0 Å². The molecule has 0 spiro atoms. The first kappa shape index (κ1) is 16.2. The van der Waals surface area contributed by atoms with Gasteiger partial charge in [0, 0.05) is 20.6 Å². The van der Waals surface area contributed by atoms with Crippen LogP contribution in [-0.4, -0.2) is 19.7 Å². The van der Waals surface area contributed by atoms with E-state index < -0.39 is 0 Å². The second kappa shape index (κ2) is 6.73. The van der Waals surface area contributed by atoms with E-state index in [1.54, 1.807) is 0 Å². The Bertz CT molecular complexity index is 598. The van der Waals surface area contributed by atoms with Crippen molar-refractivity contribution in [2.24, 2.45) is 0 Å². The van der Waals surface area contributed by atoms with Gasteiger partial charge in [0.2, 0.25) is 0 Å². The molecule has 0 aliphatic heterocycles. The Kier molecular flexibility index (Phi) is 4.96. The predicted molar refractivity (Wildman–Crippen MR) is 94.9 cm³/mol. The molecule has 2 rings (SSSR count). The monoisotopic (exact) mass is 298 g/mol. The zero-order valence-corrected chi connectivity index (χ0v) is 14.2. The third-order valence-corrected chi connectivity index (χ3v) is 3.22. The van der Waals surface area contributed by atoms with E-state index in [9.17, 15) is 0 Å². The summed E-state index contributed by atoms with van der Waals surface area (Å²) in [5.74, 6) is 0.907. The number of rotatable bonds is 5. The fourth-order valence-corrected chi connectivity index (χ4v) is 2.24. The fraction of sp³-hybridized carbons (Fsp3) is 0.368. The van der Waals surface area contributed by atoms with Crippen LogP contribution in [0.2, 0.25) is 0 Å². The predicted octanol–water partition coefficient (Wildman–Crippen LogP) is 4.54. The molecule has 0 atom stereocenters. The van der Waals surface area contributed by atoms with E-state index in [2.05, 4.69) is 81.5 Å². The SMILES string of the molecule is CN(C)c1ccccc1NCc1ccc(OC(C)(C)C)cc1. The van der Waals surface area contributed by atoms with Gasteiger partial charge in [0.1, 0.15) is 11.4 Å². The Labute approximate surface area is 133 Å². The summed E-state index contributed by atoms with van der Waals surface area (Å²) >= 11 is 0. The molecule has 0 aliphatic carbocycles. The van der Waals surface area contributed by atoms with E-state index in [1.807, 2.05) is 12.1 Å². The van der Waals surface area contributed by atoms with Crippen LogP contribution in [0.15, 0.2) is 48.5 Å². The molecule has 2 aromatic rings. The van der Waals surface area contributed by atoms with E-state index in [1.165, 1.54) is 11.3 Å². The first-order chi connectivity index (χ1) is 10.3. The first-order valence-electron chi connectivity index (χ1n) is 7.63. The minimum Gasteiger partial charge on any atom is -0.488 e. The fourth-order valence-electron chi connectivity index (χ4n) is 2.24. The number of ether oxygens (including phenoxy) is 1. The Balaban J connectivity index is 2.01. The van der Waals surface area contributed by atoms with Crippen molar-refractivity contribution in [3.8, 4) is 5.75 Å². The van der Waals surface area contributed by atoms with Crippen LogP contribution in [0, 0.1) is 0 Å². The van der Waals surface area contributed by atoms with Crippen molar-refractivity contribution in [3.63, 3.8) is 0 Å². The van der Waals surface area contributed by atoms with E-state index in [0.717, 1.165) is 18.0 Å². The zero-order chi connectivity index (χ0) is 16.2. The van der Waals surface area contributed by atoms with Gasteiger partial charge in [-0.1, -0.05) is 24.3 Å². The molecule has 0 aromatic heterocycles. The van der Waals surface area contributed by atoms with Crippen molar-refractivity contribution in [1.29, 1.82) is 0 Å². The van der Waals surface area contributed by atoms with Crippen LogP contribution < -0.4 is 15.0 Å². The van der Waals surface area contributed by atoms with Crippen LogP contribution in [0.3, 0.4) is 0 Å². The van der Waals surface area contributed by atoms with E-state index in [-0.39, 0.29) is 5.60 Å². The molecular weight excluding hydrogens is 272 g/mol. The molecule has 0 saturated carbocycles. The molecule has 0 bridgehead atoms. The van der Waals surface area contributed by atoms with Gasteiger partial charge in [-0.25, -0.2) is 0 Å². The molecular formula is C19H26N2O. The average molecular weight is 298 g/mol. The van der Waals surface area contributed by atoms with Crippen molar-refractivity contribution < 1.29 is 4.74 Å². The van der Waals surface area contributed by atoms with Gasteiger partial charge in [-0.15, -0.1) is 0 Å². The van der Waals surface area contributed by atoms with Gasteiger partial charge in [-0.2, -0.15) is 0 Å². The number of hydrogen-bond donors (Lipinski definition) is 1. The summed E-state index contributed by atoms with van der Waals surface area (Å²) in [6.45, 7) is 6.96. The molecule has 0 amide bonds. The standard InChI is InChI=1S/C19H26N2O/c1-19(2,3)22-16-12-10-15(11-13-16)14-20-17-8-6-7-9-18(17)21(4)5/h6-13,20H,14H2,1-5H3. The lowest BCUT2D eigenvalue weighted by atomic mass is 10.1. The molecule has 118 valence electrons. The molecule has 0 heterocycles. The quantitative estimate of drug-likeness (QED) is 0.877. The molecule has 22 heavy (non-hydrogen) atoms.